The Hall–Kier alpha value is -3.94. The Bertz CT molecular complexity index is 1170. The van der Waals surface area contributed by atoms with E-state index in [4.69, 9.17) is 10.00 Å². The van der Waals surface area contributed by atoms with Crippen LogP contribution in [0, 0.1) is 11.3 Å². The smallest absolute Gasteiger partial charge is 0.438 e. The van der Waals surface area contributed by atoms with Crippen LogP contribution < -0.4 is 4.74 Å². The van der Waals surface area contributed by atoms with Crippen molar-refractivity contribution in [1.29, 1.82) is 5.26 Å². The molecule has 1 amide bonds. The number of carbonyl (C=O) groups is 1. The van der Waals surface area contributed by atoms with Crippen LogP contribution in [-0.4, -0.2) is 37.1 Å². The summed E-state index contributed by atoms with van der Waals surface area (Å²) in [7, 11) is 0. The predicted octanol–water partition coefficient (Wildman–Crippen LogP) is 3.33. The summed E-state index contributed by atoms with van der Waals surface area (Å²) in [5.74, 6) is -0.352. The van der Waals surface area contributed by atoms with Gasteiger partial charge in [0.2, 0.25) is 17.6 Å². The van der Waals surface area contributed by atoms with Crippen molar-refractivity contribution in [2.45, 2.75) is 32.1 Å². The number of hydrogen-bond acceptors (Lipinski definition) is 6. The monoisotopic (exact) mass is 442 g/mol. The number of halogens is 3. The molecular weight excluding hydrogens is 425 g/mol. The standard InChI is InChI=1S/C21H17F3N6O2/c22-21(23,24)20-28-27-17-13-29(10-11-30(17)20)18(31)8-5-14-3-6-16(7-4-14)32-19-15(12-25)2-1-9-26-19/h1-4,6-7,9H,5,8,10-11,13H2. The first-order valence-electron chi connectivity index (χ1n) is 9.74. The number of nitriles is 1. The van der Waals surface area contributed by atoms with E-state index in [1.54, 1.807) is 36.4 Å². The van der Waals surface area contributed by atoms with Crippen LogP contribution in [0.1, 0.15) is 29.2 Å². The van der Waals surface area contributed by atoms with E-state index in [-0.39, 0.29) is 43.7 Å². The van der Waals surface area contributed by atoms with Crippen molar-refractivity contribution >= 4 is 5.91 Å². The second-order valence-electron chi connectivity index (χ2n) is 7.12. The number of ether oxygens (including phenoxy) is 1. The number of benzene rings is 1. The zero-order valence-corrected chi connectivity index (χ0v) is 16.7. The third-order valence-corrected chi connectivity index (χ3v) is 5.02. The van der Waals surface area contributed by atoms with E-state index in [0.29, 0.717) is 17.7 Å². The highest BCUT2D eigenvalue weighted by Crippen LogP contribution is 2.29. The van der Waals surface area contributed by atoms with Crippen molar-refractivity contribution in [2.24, 2.45) is 0 Å². The zero-order valence-electron chi connectivity index (χ0n) is 16.7. The minimum Gasteiger partial charge on any atom is -0.438 e. The van der Waals surface area contributed by atoms with Gasteiger partial charge in [0.15, 0.2) is 5.82 Å². The highest BCUT2D eigenvalue weighted by atomic mass is 19.4. The SMILES string of the molecule is N#Cc1cccnc1Oc1ccc(CCC(=O)N2CCn3c(nnc3C(F)(F)F)C2)cc1. The second-order valence-corrected chi connectivity index (χ2v) is 7.12. The largest absolute Gasteiger partial charge is 0.451 e. The molecule has 3 aromatic rings. The Morgan fingerprint density at radius 3 is 2.66 bits per heavy atom. The number of aromatic nitrogens is 4. The molecule has 0 aliphatic carbocycles. The molecule has 0 fully saturated rings. The number of alkyl halides is 3. The Labute approximate surface area is 180 Å². The van der Waals surface area contributed by atoms with E-state index >= 15 is 0 Å². The summed E-state index contributed by atoms with van der Waals surface area (Å²) in [4.78, 5) is 18.1. The number of aryl methyl sites for hydroxylation is 1. The van der Waals surface area contributed by atoms with Gasteiger partial charge >= 0.3 is 6.18 Å². The van der Waals surface area contributed by atoms with Gasteiger partial charge in [-0.15, -0.1) is 10.2 Å². The number of fused-ring (bicyclic) bond motifs is 1. The maximum atomic E-state index is 12.9. The average molecular weight is 442 g/mol. The van der Waals surface area contributed by atoms with Gasteiger partial charge in [0.05, 0.1) is 6.54 Å². The number of carbonyl (C=O) groups excluding carboxylic acids is 1. The van der Waals surface area contributed by atoms with Crippen LogP contribution in [0.3, 0.4) is 0 Å². The molecule has 0 spiro atoms. The minimum absolute atomic E-state index is 0.00000715. The lowest BCUT2D eigenvalue weighted by Crippen LogP contribution is -2.39. The zero-order chi connectivity index (χ0) is 22.7. The van der Waals surface area contributed by atoms with E-state index in [2.05, 4.69) is 15.2 Å². The number of amides is 1. The molecule has 0 radical (unpaired) electrons. The van der Waals surface area contributed by atoms with Gasteiger partial charge in [-0.1, -0.05) is 12.1 Å². The van der Waals surface area contributed by atoms with Crippen LogP contribution in [0.2, 0.25) is 0 Å². The Kier molecular flexibility index (Phi) is 5.77. The first kappa shape index (κ1) is 21.3. The molecule has 0 unspecified atom stereocenters. The van der Waals surface area contributed by atoms with Gasteiger partial charge in [0.1, 0.15) is 17.4 Å². The van der Waals surface area contributed by atoms with Gasteiger partial charge < -0.3 is 14.2 Å². The molecule has 0 saturated heterocycles. The van der Waals surface area contributed by atoms with Crippen LogP contribution in [0.4, 0.5) is 13.2 Å². The van der Waals surface area contributed by atoms with E-state index < -0.39 is 12.0 Å². The maximum Gasteiger partial charge on any atom is 0.451 e. The summed E-state index contributed by atoms with van der Waals surface area (Å²) in [6.07, 6.45) is -2.37. The minimum atomic E-state index is -4.57. The lowest BCUT2D eigenvalue weighted by atomic mass is 10.1. The van der Waals surface area contributed by atoms with Crippen molar-refractivity contribution < 1.29 is 22.7 Å². The fourth-order valence-electron chi connectivity index (χ4n) is 3.38. The van der Waals surface area contributed by atoms with Gasteiger partial charge in [-0.3, -0.25) is 4.79 Å². The molecule has 0 bridgehead atoms. The summed E-state index contributed by atoms with van der Waals surface area (Å²) in [6.45, 7) is 0.179. The Morgan fingerprint density at radius 2 is 1.94 bits per heavy atom. The molecule has 1 aromatic carbocycles. The fraction of sp³-hybridized carbons (Fsp3) is 0.286. The maximum absolute atomic E-state index is 12.9. The Balaban J connectivity index is 1.33. The van der Waals surface area contributed by atoms with Crippen LogP contribution in [0.5, 0.6) is 11.6 Å². The highest BCUT2D eigenvalue weighted by Gasteiger charge is 2.39. The molecule has 2 aromatic heterocycles. The first-order chi connectivity index (χ1) is 15.3. The highest BCUT2D eigenvalue weighted by molar-refractivity contribution is 5.76. The van der Waals surface area contributed by atoms with Gasteiger partial charge in [-0.2, -0.15) is 18.4 Å². The lowest BCUT2D eigenvalue weighted by molar-refractivity contribution is -0.148. The number of pyridine rings is 1. The van der Waals surface area contributed by atoms with Gasteiger partial charge in [-0.25, -0.2) is 4.98 Å². The predicted molar refractivity (Wildman–Crippen MR) is 104 cm³/mol. The lowest BCUT2D eigenvalue weighted by Gasteiger charge is -2.28. The van der Waals surface area contributed by atoms with E-state index in [9.17, 15) is 18.0 Å². The quantitative estimate of drug-likeness (QED) is 0.601. The molecule has 8 nitrogen and oxygen atoms in total. The van der Waals surface area contributed by atoms with Gasteiger partial charge in [0, 0.05) is 25.7 Å². The van der Waals surface area contributed by atoms with Crippen LogP contribution in [0.15, 0.2) is 42.6 Å². The third kappa shape index (κ3) is 4.54. The van der Waals surface area contributed by atoms with Crippen molar-refractivity contribution in [3.8, 4) is 17.7 Å². The number of nitrogens with zero attached hydrogens (tertiary/aromatic N) is 6. The van der Waals surface area contributed by atoms with Gasteiger partial charge in [-0.05, 0) is 36.2 Å². The topological polar surface area (TPSA) is 96.9 Å². The van der Waals surface area contributed by atoms with E-state index in [1.165, 1.54) is 11.1 Å². The van der Waals surface area contributed by atoms with Crippen LogP contribution >= 0.6 is 0 Å². The summed E-state index contributed by atoms with van der Waals surface area (Å²) in [6, 6.07) is 12.3. The Morgan fingerprint density at radius 1 is 1.16 bits per heavy atom. The number of rotatable bonds is 5. The molecule has 0 N–H and O–H groups in total. The van der Waals surface area contributed by atoms with Crippen molar-refractivity contribution in [3.63, 3.8) is 0 Å². The molecule has 4 rings (SSSR count). The normalized spacial score (nSPS) is 13.4. The fourth-order valence-corrected chi connectivity index (χ4v) is 3.38. The van der Waals surface area contributed by atoms with Crippen molar-refractivity contribution in [1.82, 2.24) is 24.6 Å². The summed E-state index contributed by atoms with van der Waals surface area (Å²) in [5.41, 5.74) is 1.22. The molecular formula is C21H17F3N6O2. The third-order valence-electron chi connectivity index (χ3n) is 5.02. The number of hydrogen-bond donors (Lipinski definition) is 0. The molecule has 0 saturated carbocycles. The molecule has 32 heavy (non-hydrogen) atoms. The first-order valence-corrected chi connectivity index (χ1v) is 9.74. The summed E-state index contributed by atoms with van der Waals surface area (Å²) >= 11 is 0. The molecule has 1 aliphatic rings. The summed E-state index contributed by atoms with van der Waals surface area (Å²) < 4.78 is 45.4. The van der Waals surface area contributed by atoms with Crippen molar-refractivity contribution in [2.75, 3.05) is 6.54 Å². The molecule has 164 valence electrons. The van der Waals surface area contributed by atoms with E-state index in [0.717, 1.165) is 10.1 Å². The van der Waals surface area contributed by atoms with Gasteiger partial charge in [0.25, 0.3) is 0 Å². The molecule has 11 heteroatoms. The van der Waals surface area contributed by atoms with E-state index in [1.807, 2.05) is 6.07 Å². The van der Waals surface area contributed by atoms with Crippen LogP contribution in [0.25, 0.3) is 0 Å². The second kappa shape index (κ2) is 8.66. The summed E-state index contributed by atoms with van der Waals surface area (Å²) in [5, 5.41) is 15.9. The molecule has 1 aliphatic heterocycles. The van der Waals surface area contributed by atoms with Crippen LogP contribution in [-0.2, 0) is 30.5 Å². The molecule has 0 atom stereocenters. The average Bonchev–Trinajstić information content (AvgIpc) is 3.23. The van der Waals surface area contributed by atoms with Crippen molar-refractivity contribution in [3.05, 3.63) is 65.4 Å². The molecule has 3 heterocycles.